The topological polar surface area (TPSA) is 67.4 Å². The fourth-order valence-corrected chi connectivity index (χ4v) is 2.61. The van der Waals surface area contributed by atoms with Gasteiger partial charge >= 0.3 is 0 Å². The van der Waals surface area contributed by atoms with Gasteiger partial charge in [-0.05, 0) is 37.6 Å². The first-order valence-electron chi connectivity index (χ1n) is 7.09. The Morgan fingerprint density at radius 2 is 2.19 bits per heavy atom. The molecule has 21 heavy (non-hydrogen) atoms. The van der Waals surface area contributed by atoms with Crippen LogP contribution in [0, 0.1) is 0 Å². The SMILES string of the molecule is CC(NCCC(C)S(C)=O)c1ccc2c(c1)NC(=O)CO2. The second-order valence-electron chi connectivity index (χ2n) is 5.37. The molecule has 1 aromatic carbocycles. The molecule has 0 spiro atoms. The summed E-state index contributed by atoms with van der Waals surface area (Å²) in [5.74, 6) is 0.583. The van der Waals surface area contributed by atoms with E-state index in [4.69, 9.17) is 4.74 Å². The van der Waals surface area contributed by atoms with Crippen LogP contribution in [0.2, 0.25) is 0 Å². The molecule has 2 N–H and O–H groups in total. The van der Waals surface area contributed by atoms with E-state index in [1.807, 2.05) is 25.1 Å². The van der Waals surface area contributed by atoms with Gasteiger partial charge in [-0.2, -0.15) is 0 Å². The molecule has 2 rings (SSSR count). The summed E-state index contributed by atoms with van der Waals surface area (Å²) in [7, 11) is -0.779. The molecule has 0 saturated carbocycles. The second-order valence-corrected chi connectivity index (χ2v) is 7.17. The normalized spacial score (nSPS) is 18.1. The van der Waals surface area contributed by atoms with Gasteiger partial charge < -0.3 is 15.4 Å². The maximum absolute atomic E-state index is 11.3. The maximum Gasteiger partial charge on any atom is 0.262 e. The van der Waals surface area contributed by atoms with E-state index in [0.717, 1.165) is 24.2 Å². The molecular formula is C15H22N2O3S. The molecule has 0 radical (unpaired) electrons. The summed E-state index contributed by atoms with van der Waals surface area (Å²) in [6.07, 6.45) is 2.61. The highest BCUT2D eigenvalue weighted by Crippen LogP contribution is 2.30. The van der Waals surface area contributed by atoms with Crippen LogP contribution < -0.4 is 15.4 Å². The van der Waals surface area contributed by atoms with Gasteiger partial charge in [-0.25, -0.2) is 0 Å². The number of carbonyl (C=O) groups is 1. The molecule has 5 nitrogen and oxygen atoms in total. The quantitative estimate of drug-likeness (QED) is 0.841. The molecule has 0 saturated heterocycles. The molecule has 6 heteroatoms. The van der Waals surface area contributed by atoms with Crippen molar-refractivity contribution in [2.24, 2.45) is 0 Å². The minimum atomic E-state index is -0.779. The van der Waals surface area contributed by atoms with E-state index >= 15 is 0 Å². The molecule has 3 unspecified atom stereocenters. The van der Waals surface area contributed by atoms with Crippen molar-refractivity contribution in [1.29, 1.82) is 0 Å². The molecule has 0 bridgehead atoms. The van der Waals surface area contributed by atoms with Gasteiger partial charge in [-0.1, -0.05) is 13.0 Å². The van der Waals surface area contributed by atoms with Crippen LogP contribution in [0.5, 0.6) is 5.75 Å². The smallest absolute Gasteiger partial charge is 0.262 e. The predicted octanol–water partition coefficient (Wildman–Crippen LogP) is 1.83. The zero-order chi connectivity index (χ0) is 15.4. The van der Waals surface area contributed by atoms with Crippen LogP contribution in [0.1, 0.15) is 31.9 Å². The number of benzene rings is 1. The number of nitrogens with one attached hydrogen (secondary N) is 2. The Kier molecular flexibility index (Phi) is 5.36. The average molecular weight is 310 g/mol. The zero-order valence-corrected chi connectivity index (χ0v) is 13.5. The number of fused-ring (bicyclic) bond motifs is 1. The fourth-order valence-electron chi connectivity index (χ4n) is 2.16. The molecule has 1 amide bonds. The van der Waals surface area contributed by atoms with E-state index in [0.29, 0.717) is 5.75 Å². The third kappa shape index (κ3) is 4.28. The lowest BCUT2D eigenvalue weighted by Gasteiger charge is -2.21. The van der Waals surface area contributed by atoms with Gasteiger partial charge in [0.15, 0.2) is 6.61 Å². The molecule has 1 heterocycles. The van der Waals surface area contributed by atoms with Crippen LogP contribution >= 0.6 is 0 Å². The van der Waals surface area contributed by atoms with E-state index in [2.05, 4.69) is 17.6 Å². The Labute approximate surface area is 127 Å². The van der Waals surface area contributed by atoms with Crippen molar-refractivity contribution in [3.8, 4) is 5.75 Å². The van der Waals surface area contributed by atoms with Gasteiger partial charge in [0.1, 0.15) is 5.75 Å². The number of rotatable bonds is 6. The van der Waals surface area contributed by atoms with Crippen molar-refractivity contribution >= 4 is 22.4 Å². The Balaban J connectivity index is 1.93. The minimum absolute atomic E-state index is 0.0756. The van der Waals surface area contributed by atoms with E-state index in [1.165, 1.54) is 0 Å². The summed E-state index contributed by atoms with van der Waals surface area (Å²) in [5, 5.41) is 6.42. The molecule has 116 valence electrons. The van der Waals surface area contributed by atoms with Gasteiger partial charge in [0.05, 0.1) is 5.69 Å². The lowest BCUT2D eigenvalue weighted by molar-refractivity contribution is -0.118. The number of anilines is 1. The van der Waals surface area contributed by atoms with Gasteiger partial charge in [-0.3, -0.25) is 9.00 Å². The Hall–Kier alpha value is -1.40. The molecule has 1 aliphatic heterocycles. The first-order valence-corrected chi connectivity index (χ1v) is 8.71. The lowest BCUT2D eigenvalue weighted by atomic mass is 10.1. The number of carbonyl (C=O) groups excluding carboxylic acids is 1. The summed E-state index contributed by atoms with van der Waals surface area (Å²) >= 11 is 0. The summed E-state index contributed by atoms with van der Waals surface area (Å²) in [6.45, 7) is 4.95. The highest BCUT2D eigenvalue weighted by Gasteiger charge is 2.17. The van der Waals surface area contributed by atoms with Crippen molar-refractivity contribution in [2.75, 3.05) is 24.7 Å². The van der Waals surface area contributed by atoms with Gasteiger partial charge in [-0.15, -0.1) is 0 Å². The first kappa shape index (κ1) is 16.0. The van der Waals surface area contributed by atoms with Gasteiger partial charge in [0, 0.05) is 28.3 Å². The van der Waals surface area contributed by atoms with Crippen LogP contribution in [-0.4, -0.2) is 34.8 Å². The third-order valence-electron chi connectivity index (χ3n) is 3.70. The second kappa shape index (κ2) is 7.04. The number of hydrogen-bond acceptors (Lipinski definition) is 4. The van der Waals surface area contributed by atoms with Crippen LogP contribution in [0.4, 0.5) is 5.69 Å². The summed E-state index contributed by atoms with van der Waals surface area (Å²) in [5.41, 5.74) is 1.81. The Morgan fingerprint density at radius 3 is 2.90 bits per heavy atom. The van der Waals surface area contributed by atoms with E-state index < -0.39 is 10.8 Å². The van der Waals surface area contributed by atoms with E-state index in [-0.39, 0.29) is 23.8 Å². The summed E-state index contributed by atoms with van der Waals surface area (Å²) in [6, 6.07) is 5.97. The van der Waals surface area contributed by atoms with Crippen molar-refractivity contribution in [1.82, 2.24) is 5.32 Å². The van der Waals surface area contributed by atoms with Crippen LogP contribution in [-0.2, 0) is 15.6 Å². The number of amides is 1. The fraction of sp³-hybridized carbons (Fsp3) is 0.533. The monoisotopic (exact) mass is 310 g/mol. The molecule has 0 fully saturated rings. The standard InChI is InChI=1S/C15H22N2O3S/c1-10(21(3)19)6-7-16-11(2)12-4-5-14-13(8-12)17-15(18)9-20-14/h4-5,8,10-11,16H,6-7,9H2,1-3H3,(H,17,18). The Morgan fingerprint density at radius 1 is 1.43 bits per heavy atom. The maximum atomic E-state index is 11.3. The predicted molar refractivity (Wildman–Crippen MR) is 85.1 cm³/mol. The van der Waals surface area contributed by atoms with E-state index in [1.54, 1.807) is 6.26 Å². The molecular weight excluding hydrogens is 288 g/mol. The number of hydrogen-bond donors (Lipinski definition) is 2. The van der Waals surface area contributed by atoms with Gasteiger partial charge in [0.2, 0.25) is 0 Å². The van der Waals surface area contributed by atoms with Gasteiger partial charge in [0.25, 0.3) is 5.91 Å². The van der Waals surface area contributed by atoms with Crippen molar-refractivity contribution in [3.05, 3.63) is 23.8 Å². The highest BCUT2D eigenvalue weighted by molar-refractivity contribution is 7.84. The van der Waals surface area contributed by atoms with Crippen molar-refractivity contribution in [3.63, 3.8) is 0 Å². The van der Waals surface area contributed by atoms with Crippen LogP contribution in [0.15, 0.2) is 18.2 Å². The lowest BCUT2D eigenvalue weighted by Crippen LogP contribution is -2.26. The average Bonchev–Trinajstić information content (AvgIpc) is 2.45. The molecule has 1 aliphatic rings. The third-order valence-corrected chi connectivity index (χ3v) is 5.07. The van der Waals surface area contributed by atoms with E-state index in [9.17, 15) is 9.00 Å². The highest BCUT2D eigenvalue weighted by atomic mass is 32.2. The minimum Gasteiger partial charge on any atom is -0.482 e. The van der Waals surface area contributed by atoms with Crippen LogP contribution in [0.3, 0.4) is 0 Å². The van der Waals surface area contributed by atoms with Crippen molar-refractivity contribution < 1.29 is 13.7 Å². The van der Waals surface area contributed by atoms with Crippen LogP contribution in [0.25, 0.3) is 0 Å². The summed E-state index contributed by atoms with van der Waals surface area (Å²) in [4.78, 5) is 11.3. The zero-order valence-electron chi connectivity index (χ0n) is 12.6. The molecule has 0 aliphatic carbocycles. The first-order chi connectivity index (χ1) is 9.97. The Bertz CT molecular complexity index is 548. The largest absolute Gasteiger partial charge is 0.482 e. The molecule has 3 atom stereocenters. The molecule has 0 aromatic heterocycles. The van der Waals surface area contributed by atoms with Crippen molar-refractivity contribution in [2.45, 2.75) is 31.6 Å². The molecule has 1 aromatic rings. The summed E-state index contributed by atoms with van der Waals surface area (Å²) < 4.78 is 16.7. The number of ether oxygens (including phenoxy) is 1.